The van der Waals surface area contributed by atoms with Crippen LogP contribution in [0.3, 0.4) is 0 Å². The molecule has 96 valence electrons. The van der Waals surface area contributed by atoms with Gasteiger partial charge in [0, 0.05) is 17.6 Å². The Morgan fingerprint density at radius 1 is 1.41 bits per heavy atom. The lowest BCUT2D eigenvalue weighted by molar-refractivity contribution is 0.388. The van der Waals surface area contributed by atoms with E-state index in [2.05, 4.69) is 24.3 Å². The van der Waals surface area contributed by atoms with Crippen LogP contribution in [0.5, 0.6) is 0 Å². The van der Waals surface area contributed by atoms with E-state index in [0.717, 1.165) is 17.4 Å². The number of aryl methyl sites for hydroxylation is 2. The second kappa shape index (κ2) is 5.21. The normalized spacial score (nSPS) is 26.4. The molecular weight excluding hydrogens is 212 g/mol. The van der Waals surface area contributed by atoms with Crippen LogP contribution in [0.4, 0.5) is 0 Å². The third-order valence-corrected chi connectivity index (χ3v) is 4.13. The first-order chi connectivity index (χ1) is 8.11. The van der Waals surface area contributed by atoms with Crippen LogP contribution < -0.4 is 5.32 Å². The molecule has 3 atom stereocenters. The van der Waals surface area contributed by atoms with Crippen LogP contribution in [-0.4, -0.2) is 11.2 Å². The van der Waals surface area contributed by atoms with Crippen LogP contribution in [0.25, 0.3) is 0 Å². The molecule has 0 aliphatic heterocycles. The van der Waals surface area contributed by atoms with Gasteiger partial charge in [0.05, 0.1) is 5.69 Å². The summed E-state index contributed by atoms with van der Waals surface area (Å²) < 4.78 is 5.23. The second-order valence-corrected chi connectivity index (χ2v) is 5.41. The highest BCUT2D eigenvalue weighted by atomic mass is 16.5. The highest BCUT2D eigenvalue weighted by Gasteiger charge is 2.26. The molecule has 1 heterocycles. The summed E-state index contributed by atoms with van der Waals surface area (Å²) in [6.07, 6.45) is 5.33. The topological polar surface area (TPSA) is 38.1 Å². The molecule has 0 aromatic carbocycles. The van der Waals surface area contributed by atoms with Crippen molar-refractivity contribution in [2.24, 2.45) is 5.92 Å². The lowest BCUT2D eigenvalue weighted by atomic mass is 10.0. The van der Waals surface area contributed by atoms with Crippen molar-refractivity contribution >= 4 is 0 Å². The molecule has 1 aromatic rings. The smallest absolute Gasteiger partial charge is 0.138 e. The molecule has 17 heavy (non-hydrogen) atoms. The monoisotopic (exact) mass is 236 g/mol. The predicted octanol–water partition coefficient (Wildman–Crippen LogP) is 3.52. The molecule has 0 radical (unpaired) electrons. The average Bonchev–Trinajstić information content (AvgIpc) is 2.86. The standard InChI is InChI=1S/C14H24N2O/c1-5-12-6-7-13(8-12)15-9(2)14-10(3)16-17-11(14)4/h9,12-13,15H,5-8H2,1-4H3. The molecule has 0 bridgehead atoms. The summed E-state index contributed by atoms with van der Waals surface area (Å²) in [4.78, 5) is 0. The molecule has 3 unspecified atom stereocenters. The number of aromatic nitrogens is 1. The number of rotatable bonds is 4. The van der Waals surface area contributed by atoms with Gasteiger partial charge in [-0.2, -0.15) is 0 Å². The van der Waals surface area contributed by atoms with Crippen molar-refractivity contribution in [3.63, 3.8) is 0 Å². The Balaban J connectivity index is 1.96. The zero-order valence-corrected chi connectivity index (χ0v) is 11.4. The minimum Gasteiger partial charge on any atom is -0.361 e. The fourth-order valence-electron chi connectivity index (χ4n) is 3.14. The summed E-state index contributed by atoms with van der Waals surface area (Å²) in [5, 5.41) is 7.76. The molecule has 1 aromatic heterocycles. The van der Waals surface area contributed by atoms with Gasteiger partial charge in [-0.05, 0) is 46.0 Å². The summed E-state index contributed by atoms with van der Waals surface area (Å²) in [7, 11) is 0. The van der Waals surface area contributed by atoms with E-state index in [1.54, 1.807) is 0 Å². The van der Waals surface area contributed by atoms with Crippen molar-refractivity contribution in [2.75, 3.05) is 0 Å². The molecule has 1 aliphatic carbocycles. The Morgan fingerprint density at radius 3 is 2.71 bits per heavy atom. The van der Waals surface area contributed by atoms with Crippen LogP contribution in [0.15, 0.2) is 4.52 Å². The summed E-state index contributed by atoms with van der Waals surface area (Å²) >= 11 is 0. The second-order valence-electron chi connectivity index (χ2n) is 5.41. The van der Waals surface area contributed by atoms with E-state index < -0.39 is 0 Å². The van der Waals surface area contributed by atoms with Gasteiger partial charge in [0.2, 0.25) is 0 Å². The lowest BCUT2D eigenvalue weighted by Gasteiger charge is -2.19. The number of hydrogen-bond acceptors (Lipinski definition) is 3. The first-order valence-corrected chi connectivity index (χ1v) is 6.80. The minimum atomic E-state index is 0.349. The fraction of sp³-hybridized carbons (Fsp3) is 0.786. The van der Waals surface area contributed by atoms with Crippen molar-refractivity contribution in [2.45, 2.75) is 65.5 Å². The molecule has 0 spiro atoms. The highest BCUT2D eigenvalue weighted by molar-refractivity contribution is 5.24. The highest BCUT2D eigenvalue weighted by Crippen LogP contribution is 2.30. The van der Waals surface area contributed by atoms with E-state index in [4.69, 9.17) is 4.52 Å². The quantitative estimate of drug-likeness (QED) is 0.869. The lowest BCUT2D eigenvalue weighted by Crippen LogP contribution is -2.29. The van der Waals surface area contributed by atoms with Crippen molar-refractivity contribution in [1.29, 1.82) is 0 Å². The Kier molecular flexibility index (Phi) is 3.87. The predicted molar refractivity (Wildman–Crippen MR) is 68.9 cm³/mol. The number of nitrogens with zero attached hydrogens (tertiary/aromatic N) is 1. The largest absolute Gasteiger partial charge is 0.361 e. The van der Waals surface area contributed by atoms with E-state index in [1.807, 2.05) is 13.8 Å². The molecule has 1 saturated carbocycles. The molecule has 1 fully saturated rings. The summed E-state index contributed by atoms with van der Waals surface area (Å²) in [6.45, 7) is 8.53. The molecule has 1 N–H and O–H groups in total. The van der Waals surface area contributed by atoms with Gasteiger partial charge in [-0.15, -0.1) is 0 Å². The third-order valence-electron chi connectivity index (χ3n) is 4.13. The molecule has 0 amide bonds. The van der Waals surface area contributed by atoms with E-state index in [0.29, 0.717) is 12.1 Å². The first-order valence-electron chi connectivity index (χ1n) is 6.80. The first kappa shape index (κ1) is 12.6. The third kappa shape index (κ3) is 2.71. The average molecular weight is 236 g/mol. The number of hydrogen-bond donors (Lipinski definition) is 1. The maximum atomic E-state index is 5.23. The Morgan fingerprint density at radius 2 is 2.18 bits per heavy atom. The zero-order chi connectivity index (χ0) is 12.4. The summed E-state index contributed by atoms with van der Waals surface area (Å²) in [6, 6.07) is 1.02. The van der Waals surface area contributed by atoms with Gasteiger partial charge in [0.15, 0.2) is 0 Å². The Hall–Kier alpha value is -0.830. The number of nitrogens with one attached hydrogen (secondary N) is 1. The maximum Gasteiger partial charge on any atom is 0.138 e. The van der Waals surface area contributed by atoms with Gasteiger partial charge >= 0.3 is 0 Å². The van der Waals surface area contributed by atoms with Crippen LogP contribution >= 0.6 is 0 Å². The summed E-state index contributed by atoms with van der Waals surface area (Å²) in [5.41, 5.74) is 2.26. The zero-order valence-electron chi connectivity index (χ0n) is 11.4. The van der Waals surface area contributed by atoms with Gasteiger partial charge in [-0.25, -0.2) is 0 Å². The fourth-order valence-corrected chi connectivity index (χ4v) is 3.14. The molecule has 3 heteroatoms. The van der Waals surface area contributed by atoms with Crippen LogP contribution in [0.1, 0.15) is 62.6 Å². The van der Waals surface area contributed by atoms with Crippen molar-refractivity contribution in [1.82, 2.24) is 10.5 Å². The van der Waals surface area contributed by atoms with Gasteiger partial charge in [-0.3, -0.25) is 0 Å². The molecule has 2 rings (SSSR count). The SMILES string of the molecule is CCC1CCC(NC(C)c2c(C)noc2C)C1. The van der Waals surface area contributed by atoms with Gasteiger partial charge in [0.1, 0.15) is 5.76 Å². The Labute approximate surface area is 104 Å². The van der Waals surface area contributed by atoms with Gasteiger partial charge in [0.25, 0.3) is 0 Å². The molecular formula is C14H24N2O. The maximum absolute atomic E-state index is 5.23. The van der Waals surface area contributed by atoms with Crippen LogP contribution in [0.2, 0.25) is 0 Å². The van der Waals surface area contributed by atoms with Crippen molar-refractivity contribution < 1.29 is 4.52 Å². The minimum absolute atomic E-state index is 0.349. The van der Waals surface area contributed by atoms with E-state index in [9.17, 15) is 0 Å². The molecule has 3 nitrogen and oxygen atoms in total. The molecule has 0 saturated heterocycles. The molecule has 1 aliphatic rings. The summed E-state index contributed by atoms with van der Waals surface area (Å²) in [5.74, 6) is 1.87. The van der Waals surface area contributed by atoms with Gasteiger partial charge in [-0.1, -0.05) is 18.5 Å². The van der Waals surface area contributed by atoms with E-state index in [-0.39, 0.29) is 0 Å². The van der Waals surface area contributed by atoms with Gasteiger partial charge < -0.3 is 9.84 Å². The Bertz CT molecular complexity index is 353. The van der Waals surface area contributed by atoms with Crippen LogP contribution in [0, 0.1) is 19.8 Å². The van der Waals surface area contributed by atoms with E-state index >= 15 is 0 Å². The van der Waals surface area contributed by atoms with Crippen molar-refractivity contribution in [3.8, 4) is 0 Å². The van der Waals surface area contributed by atoms with E-state index in [1.165, 1.54) is 31.2 Å². The van der Waals surface area contributed by atoms with Crippen LogP contribution in [-0.2, 0) is 0 Å². The van der Waals surface area contributed by atoms with Crippen molar-refractivity contribution in [3.05, 3.63) is 17.0 Å².